The van der Waals surface area contributed by atoms with E-state index in [-0.39, 0.29) is 17.4 Å². The van der Waals surface area contributed by atoms with Crippen LogP contribution in [0.2, 0.25) is 0 Å². The van der Waals surface area contributed by atoms with E-state index in [2.05, 4.69) is 24.1 Å². The van der Waals surface area contributed by atoms with E-state index in [1.807, 2.05) is 12.1 Å². The molecule has 1 heterocycles. The molecule has 7 nitrogen and oxygen atoms in total. The van der Waals surface area contributed by atoms with E-state index in [1.54, 1.807) is 17.0 Å². The second kappa shape index (κ2) is 15.5. The normalized spacial score (nSPS) is 16.4. The third-order valence-corrected chi connectivity index (χ3v) is 6.52. The lowest BCUT2D eigenvalue weighted by molar-refractivity contribution is -0.144. The molecule has 0 radical (unpaired) electrons. The van der Waals surface area contributed by atoms with Gasteiger partial charge in [0.2, 0.25) is 11.8 Å². The van der Waals surface area contributed by atoms with Crippen molar-refractivity contribution in [2.45, 2.75) is 90.6 Å². The molecule has 1 aromatic carbocycles. The molecule has 0 bridgehead atoms. The minimum atomic E-state index is -0.941. The summed E-state index contributed by atoms with van der Waals surface area (Å²) in [6.07, 6.45) is 10.3. The zero-order valence-corrected chi connectivity index (χ0v) is 21.1. The SMILES string of the molecule is CCCCCCCC(=O)N1CCN(Cc2ccc(C(=O)O)cc2)C[C@@H]1C(=O)NCCCCCC. The molecule has 7 heteroatoms. The van der Waals surface area contributed by atoms with Crippen LogP contribution in [-0.2, 0) is 16.1 Å². The average molecular weight is 474 g/mol. The van der Waals surface area contributed by atoms with E-state index >= 15 is 0 Å². The highest BCUT2D eigenvalue weighted by molar-refractivity contribution is 5.88. The Bertz CT molecular complexity index is 766. The molecule has 1 aliphatic heterocycles. The van der Waals surface area contributed by atoms with Crippen molar-refractivity contribution in [2.24, 2.45) is 0 Å². The first kappa shape index (κ1) is 27.8. The maximum absolute atomic E-state index is 13.1. The van der Waals surface area contributed by atoms with Crippen LogP contribution in [0.1, 0.15) is 94.0 Å². The number of carboxylic acid groups (broad SMARTS) is 1. The van der Waals surface area contributed by atoms with Crippen molar-refractivity contribution in [3.63, 3.8) is 0 Å². The molecule has 2 N–H and O–H groups in total. The first-order valence-electron chi connectivity index (χ1n) is 13.1. The fourth-order valence-corrected chi connectivity index (χ4v) is 4.42. The van der Waals surface area contributed by atoms with Crippen LogP contribution in [0, 0.1) is 0 Å². The van der Waals surface area contributed by atoms with Crippen molar-refractivity contribution >= 4 is 17.8 Å². The lowest BCUT2D eigenvalue weighted by Crippen LogP contribution is -2.60. The van der Waals surface area contributed by atoms with Gasteiger partial charge in [-0.05, 0) is 30.5 Å². The molecule has 2 amide bonds. The monoisotopic (exact) mass is 473 g/mol. The summed E-state index contributed by atoms with van der Waals surface area (Å²) >= 11 is 0. The van der Waals surface area contributed by atoms with Gasteiger partial charge < -0.3 is 15.3 Å². The van der Waals surface area contributed by atoms with E-state index in [0.717, 1.165) is 50.5 Å². The van der Waals surface area contributed by atoms with Crippen molar-refractivity contribution < 1.29 is 19.5 Å². The van der Waals surface area contributed by atoms with Crippen molar-refractivity contribution in [3.8, 4) is 0 Å². The van der Waals surface area contributed by atoms with Crippen LogP contribution in [0.15, 0.2) is 24.3 Å². The first-order chi connectivity index (χ1) is 16.5. The summed E-state index contributed by atoms with van der Waals surface area (Å²) in [6, 6.07) is 6.37. The van der Waals surface area contributed by atoms with Gasteiger partial charge in [0.1, 0.15) is 6.04 Å². The summed E-state index contributed by atoms with van der Waals surface area (Å²) < 4.78 is 0. The van der Waals surface area contributed by atoms with Crippen LogP contribution in [0.3, 0.4) is 0 Å². The van der Waals surface area contributed by atoms with Crippen molar-refractivity contribution in [1.82, 2.24) is 15.1 Å². The Morgan fingerprint density at radius 3 is 2.21 bits per heavy atom. The predicted molar refractivity (Wildman–Crippen MR) is 135 cm³/mol. The molecule has 0 unspecified atom stereocenters. The molecule has 34 heavy (non-hydrogen) atoms. The van der Waals surface area contributed by atoms with Crippen molar-refractivity contribution in [1.29, 1.82) is 0 Å². The Morgan fingerprint density at radius 1 is 0.912 bits per heavy atom. The third kappa shape index (κ3) is 9.45. The number of nitrogens with zero attached hydrogens (tertiary/aromatic N) is 2. The summed E-state index contributed by atoms with van der Waals surface area (Å²) in [6.45, 7) is 7.33. The van der Waals surface area contributed by atoms with Gasteiger partial charge >= 0.3 is 5.97 Å². The number of piperazine rings is 1. The number of carboxylic acids is 1. The maximum Gasteiger partial charge on any atom is 0.335 e. The largest absolute Gasteiger partial charge is 0.478 e. The Balaban J connectivity index is 1.97. The number of carbonyl (C=O) groups excluding carboxylic acids is 2. The number of unbranched alkanes of at least 4 members (excludes halogenated alkanes) is 7. The highest BCUT2D eigenvalue weighted by Gasteiger charge is 2.34. The molecule has 1 atom stereocenters. The molecule has 1 fully saturated rings. The van der Waals surface area contributed by atoms with Gasteiger partial charge in [-0.15, -0.1) is 0 Å². The Labute approximate surface area is 204 Å². The molecule has 0 saturated carbocycles. The predicted octanol–water partition coefficient (Wildman–Crippen LogP) is 4.45. The van der Waals surface area contributed by atoms with Gasteiger partial charge in [-0.1, -0.05) is 70.9 Å². The second-order valence-electron chi connectivity index (χ2n) is 9.36. The fraction of sp³-hybridized carbons (Fsp3) is 0.667. The fourth-order valence-electron chi connectivity index (χ4n) is 4.42. The van der Waals surface area contributed by atoms with Gasteiger partial charge in [-0.25, -0.2) is 4.79 Å². The highest BCUT2D eigenvalue weighted by Crippen LogP contribution is 2.17. The number of rotatable bonds is 15. The van der Waals surface area contributed by atoms with Crippen LogP contribution >= 0.6 is 0 Å². The summed E-state index contributed by atoms with van der Waals surface area (Å²) in [5.74, 6) is -0.932. The Hall–Kier alpha value is -2.41. The number of aromatic carboxylic acids is 1. The molecule has 0 aromatic heterocycles. The lowest BCUT2D eigenvalue weighted by atomic mass is 10.1. The lowest BCUT2D eigenvalue weighted by Gasteiger charge is -2.40. The number of hydrogen-bond acceptors (Lipinski definition) is 4. The van der Waals surface area contributed by atoms with Crippen LogP contribution < -0.4 is 5.32 Å². The van der Waals surface area contributed by atoms with Crippen LogP contribution in [-0.4, -0.2) is 64.9 Å². The molecule has 2 rings (SSSR count). The van der Waals surface area contributed by atoms with Gasteiger partial charge in [0, 0.05) is 39.1 Å². The zero-order valence-electron chi connectivity index (χ0n) is 21.1. The van der Waals surface area contributed by atoms with Crippen molar-refractivity contribution in [2.75, 3.05) is 26.2 Å². The molecule has 1 aromatic rings. The van der Waals surface area contributed by atoms with E-state index in [9.17, 15) is 14.4 Å². The molecule has 1 aliphatic rings. The van der Waals surface area contributed by atoms with Crippen LogP contribution in [0.5, 0.6) is 0 Å². The van der Waals surface area contributed by atoms with Crippen LogP contribution in [0.4, 0.5) is 0 Å². The third-order valence-electron chi connectivity index (χ3n) is 6.52. The average Bonchev–Trinajstić information content (AvgIpc) is 2.83. The number of amides is 2. The highest BCUT2D eigenvalue weighted by atomic mass is 16.4. The Kier molecular flexibility index (Phi) is 12.7. The minimum Gasteiger partial charge on any atom is -0.478 e. The summed E-state index contributed by atoms with van der Waals surface area (Å²) in [5.41, 5.74) is 1.26. The summed E-state index contributed by atoms with van der Waals surface area (Å²) in [7, 11) is 0. The van der Waals surface area contributed by atoms with E-state index < -0.39 is 12.0 Å². The van der Waals surface area contributed by atoms with Gasteiger partial charge in [-0.3, -0.25) is 14.5 Å². The summed E-state index contributed by atoms with van der Waals surface area (Å²) in [5, 5.41) is 12.2. The van der Waals surface area contributed by atoms with Crippen LogP contribution in [0.25, 0.3) is 0 Å². The number of hydrogen-bond donors (Lipinski definition) is 2. The molecule has 1 saturated heterocycles. The molecule has 190 valence electrons. The first-order valence-corrected chi connectivity index (χ1v) is 13.1. The number of nitrogens with one attached hydrogen (secondary N) is 1. The topological polar surface area (TPSA) is 90.0 Å². The van der Waals surface area contributed by atoms with Gasteiger partial charge in [-0.2, -0.15) is 0 Å². The summed E-state index contributed by atoms with van der Waals surface area (Å²) in [4.78, 5) is 41.1. The van der Waals surface area contributed by atoms with Gasteiger partial charge in [0.15, 0.2) is 0 Å². The van der Waals surface area contributed by atoms with E-state index in [4.69, 9.17) is 5.11 Å². The second-order valence-corrected chi connectivity index (χ2v) is 9.36. The molecule has 0 aliphatic carbocycles. The maximum atomic E-state index is 13.1. The Morgan fingerprint density at radius 2 is 1.56 bits per heavy atom. The van der Waals surface area contributed by atoms with Crippen molar-refractivity contribution in [3.05, 3.63) is 35.4 Å². The van der Waals surface area contributed by atoms with Gasteiger partial charge in [0.05, 0.1) is 5.56 Å². The zero-order chi connectivity index (χ0) is 24.8. The molecular weight excluding hydrogens is 430 g/mol. The quantitative estimate of drug-likeness (QED) is 0.367. The standard InChI is InChI=1S/C27H43N3O4/c1-3-5-7-9-10-12-25(31)30-19-18-29(20-22-13-15-23(16-14-22)27(33)34)21-24(30)26(32)28-17-11-8-6-4-2/h13-16,24H,3-12,17-21H2,1-2H3,(H,28,32)(H,33,34)/t24-/m1/s1. The molecule has 0 spiro atoms. The van der Waals surface area contributed by atoms with E-state index in [1.165, 1.54) is 12.8 Å². The van der Waals surface area contributed by atoms with E-state index in [0.29, 0.717) is 39.1 Å². The smallest absolute Gasteiger partial charge is 0.335 e. The number of benzene rings is 1. The number of carbonyl (C=O) groups is 3. The minimum absolute atomic E-state index is 0.0678. The van der Waals surface area contributed by atoms with Gasteiger partial charge in [0.25, 0.3) is 0 Å². The molecular formula is C27H43N3O4.